The van der Waals surface area contributed by atoms with Gasteiger partial charge in [-0.2, -0.15) is 0 Å². The largest absolute Gasteiger partial charge is 0.444 e. The predicted octanol–water partition coefficient (Wildman–Crippen LogP) is 4.07. The maximum atomic E-state index is 12.7. The fraction of sp³-hybridized carbons (Fsp3) is 0.364. The highest BCUT2D eigenvalue weighted by Gasteiger charge is 2.18. The first-order chi connectivity index (χ1) is 13.1. The van der Waals surface area contributed by atoms with Crippen molar-refractivity contribution in [3.63, 3.8) is 0 Å². The molecule has 2 aromatic rings. The Hall–Kier alpha value is -2.86. The van der Waals surface area contributed by atoms with Gasteiger partial charge in [-0.15, -0.1) is 0 Å². The third-order valence-electron chi connectivity index (χ3n) is 3.85. The number of nitrogens with one attached hydrogen (secondary N) is 2. The van der Waals surface area contributed by atoms with Gasteiger partial charge in [-0.25, -0.2) is 4.79 Å². The summed E-state index contributed by atoms with van der Waals surface area (Å²) in [5, 5.41) is 5.74. The van der Waals surface area contributed by atoms with E-state index in [1.165, 1.54) is 0 Å². The van der Waals surface area contributed by atoms with E-state index in [2.05, 4.69) is 10.6 Å². The lowest BCUT2D eigenvalue weighted by Crippen LogP contribution is -2.35. The fourth-order valence-corrected chi connectivity index (χ4v) is 2.65. The number of anilines is 1. The monoisotopic (exact) mass is 383 g/mol. The summed E-state index contributed by atoms with van der Waals surface area (Å²) in [6, 6.07) is 16.5. The maximum absolute atomic E-state index is 12.7. The zero-order chi connectivity index (χ0) is 20.7. The van der Waals surface area contributed by atoms with E-state index in [-0.39, 0.29) is 11.9 Å². The van der Waals surface area contributed by atoms with Crippen LogP contribution in [0.25, 0.3) is 0 Å². The molecule has 2 rings (SSSR count). The van der Waals surface area contributed by atoms with Gasteiger partial charge in [-0.05, 0) is 64.7 Å². The number of carbonyl (C=O) groups is 2. The van der Waals surface area contributed by atoms with E-state index in [0.29, 0.717) is 17.8 Å². The van der Waals surface area contributed by atoms with Crippen molar-refractivity contribution in [1.29, 1.82) is 0 Å². The molecule has 6 heteroatoms. The lowest BCUT2D eigenvalue weighted by atomic mass is 10.1. The molecule has 150 valence electrons. The Bertz CT molecular complexity index is 781. The van der Waals surface area contributed by atoms with Crippen molar-refractivity contribution in [3.8, 4) is 0 Å². The van der Waals surface area contributed by atoms with Gasteiger partial charge in [0.1, 0.15) is 5.60 Å². The van der Waals surface area contributed by atoms with E-state index in [1.807, 2.05) is 49.3 Å². The summed E-state index contributed by atoms with van der Waals surface area (Å²) in [6.07, 6.45) is -0.528. The van der Waals surface area contributed by atoms with Crippen LogP contribution in [0.2, 0.25) is 0 Å². The van der Waals surface area contributed by atoms with E-state index < -0.39 is 11.7 Å². The molecule has 0 radical (unpaired) electrons. The van der Waals surface area contributed by atoms with E-state index in [9.17, 15) is 9.59 Å². The minimum Gasteiger partial charge on any atom is -0.444 e. The third kappa shape index (κ3) is 7.04. The number of nitrogens with zero attached hydrogens (tertiary/aromatic N) is 1. The summed E-state index contributed by atoms with van der Waals surface area (Å²) in [7, 11) is 3.94. The number of hydrogen-bond acceptors (Lipinski definition) is 4. The molecule has 0 aliphatic carbocycles. The molecule has 0 unspecified atom stereocenters. The van der Waals surface area contributed by atoms with Crippen LogP contribution in [0.3, 0.4) is 0 Å². The summed E-state index contributed by atoms with van der Waals surface area (Å²) in [6.45, 7) is 6.10. The van der Waals surface area contributed by atoms with Gasteiger partial charge in [-0.1, -0.05) is 30.3 Å². The second-order valence-corrected chi connectivity index (χ2v) is 7.90. The normalized spacial score (nSPS) is 12.4. The third-order valence-corrected chi connectivity index (χ3v) is 3.85. The molecule has 2 N–H and O–H groups in total. The van der Waals surface area contributed by atoms with E-state index in [1.54, 1.807) is 45.0 Å². The lowest BCUT2D eigenvalue weighted by Gasteiger charge is -2.23. The Morgan fingerprint density at radius 1 is 1.00 bits per heavy atom. The molecule has 0 saturated heterocycles. The quantitative estimate of drug-likeness (QED) is 0.789. The Morgan fingerprint density at radius 2 is 1.61 bits per heavy atom. The predicted molar refractivity (Wildman–Crippen MR) is 112 cm³/mol. The van der Waals surface area contributed by atoms with Gasteiger partial charge in [0.15, 0.2) is 0 Å². The van der Waals surface area contributed by atoms with Crippen molar-refractivity contribution in [2.45, 2.75) is 32.4 Å². The number of rotatable bonds is 6. The number of ether oxygens (including phenoxy) is 1. The number of hydrogen-bond donors (Lipinski definition) is 2. The van der Waals surface area contributed by atoms with Crippen LogP contribution in [-0.4, -0.2) is 43.1 Å². The second-order valence-electron chi connectivity index (χ2n) is 7.90. The van der Waals surface area contributed by atoms with Crippen LogP contribution in [0.15, 0.2) is 54.6 Å². The molecule has 0 fully saturated rings. The Labute approximate surface area is 166 Å². The van der Waals surface area contributed by atoms with Crippen LogP contribution in [0.5, 0.6) is 0 Å². The first kappa shape index (κ1) is 21.4. The summed E-state index contributed by atoms with van der Waals surface area (Å²) >= 11 is 0. The topological polar surface area (TPSA) is 70.7 Å². The van der Waals surface area contributed by atoms with Crippen molar-refractivity contribution in [3.05, 3.63) is 65.7 Å². The first-order valence-electron chi connectivity index (χ1n) is 9.24. The number of carbonyl (C=O) groups excluding carboxylic acids is 2. The molecule has 6 nitrogen and oxygen atoms in total. The number of benzene rings is 2. The van der Waals surface area contributed by atoms with Crippen LogP contribution in [-0.2, 0) is 4.74 Å². The lowest BCUT2D eigenvalue weighted by molar-refractivity contribution is 0.0635. The zero-order valence-corrected chi connectivity index (χ0v) is 17.2. The first-order valence-corrected chi connectivity index (χ1v) is 9.24. The molecule has 0 aliphatic rings. The van der Waals surface area contributed by atoms with Gasteiger partial charge < -0.3 is 15.0 Å². The molecule has 0 saturated carbocycles. The van der Waals surface area contributed by atoms with Crippen LogP contribution in [0.1, 0.15) is 42.7 Å². The van der Waals surface area contributed by atoms with Gasteiger partial charge in [0.2, 0.25) is 0 Å². The van der Waals surface area contributed by atoms with Crippen molar-refractivity contribution >= 4 is 17.7 Å². The minimum atomic E-state index is -0.567. The average molecular weight is 383 g/mol. The highest BCUT2D eigenvalue weighted by Crippen LogP contribution is 2.16. The van der Waals surface area contributed by atoms with E-state index >= 15 is 0 Å². The van der Waals surface area contributed by atoms with Gasteiger partial charge in [-0.3, -0.25) is 10.1 Å². The van der Waals surface area contributed by atoms with Gasteiger partial charge in [0, 0.05) is 17.8 Å². The van der Waals surface area contributed by atoms with E-state index in [4.69, 9.17) is 4.74 Å². The zero-order valence-electron chi connectivity index (χ0n) is 17.2. The van der Waals surface area contributed by atoms with Crippen LogP contribution in [0.4, 0.5) is 10.5 Å². The standard InChI is InChI=1S/C22H29N3O3/c1-22(2,3)28-21(27)23-18-13-11-17(12-14-18)20(26)24-19(15-25(4)5)16-9-7-6-8-10-16/h6-14,19H,15H2,1-5H3,(H,23,27)(H,24,26)/t19-/m1/s1. The van der Waals surface area contributed by atoms with E-state index in [0.717, 1.165) is 5.56 Å². The molecule has 28 heavy (non-hydrogen) atoms. The molecule has 0 spiro atoms. The molecule has 1 atom stereocenters. The second kappa shape index (κ2) is 9.37. The maximum Gasteiger partial charge on any atom is 0.412 e. The van der Waals surface area contributed by atoms with Crippen LogP contribution >= 0.6 is 0 Å². The van der Waals surface area contributed by atoms with Crippen LogP contribution in [0, 0.1) is 0 Å². The van der Waals surface area contributed by atoms with Crippen molar-refractivity contribution in [2.24, 2.45) is 0 Å². The molecule has 2 aromatic carbocycles. The molecular weight excluding hydrogens is 354 g/mol. The summed E-state index contributed by atoms with van der Waals surface area (Å²) in [5.74, 6) is -0.167. The van der Waals surface area contributed by atoms with Crippen molar-refractivity contribution < 1.29 is 14.3 Å². The van der Waals surface area contributed by atoms with Crippen LogP contribution < -0.4 is 10.6 Å². The molecule has 0 bridgehead atoms. The number of likely N-dealkylation sites (N-methyl/N-ethyl adjacent to an activating group) is 1. The highest BCUT2D eigenvalue weighted by atomic mass is 16.6. The smallest absolute Gasteiger partial charge is 0.412 e. The average Bonchev–Trinajstić information content (AvgIpc) is 2.60. The molecule has 2 amide bonds. The molecule has 0 aromatic heterocycles. The highest BCUT2D eigenvalue weighted by molar-refractivity contribution is 5.95. The Balaban J connectivity index is 2.04. The summed E-state index contributed by atoms with van der Waals surface area (Å²) < 4.78 is 5.22. The van der Waals surface area contributed by atoms with Gasteiger partial charge >= 0.3 is 6.09 Å². The van der Waals surface area contributed by atoms with Crippen molar-refractivity contribution in [2.75, 3.05) is 26.0 Å². The minimum absolute atomic E-state index is 0.122. The van der Waals surface area contributed by atoms with Crippen molar-refractivity contribution in [1.82, 2.24) is 10.2 Å². The fourth-order valence-electron chi connectivity index (χ4n) is 2.65. The summed E-state index contributed by atoms with van der Waals surface area (Å²) in [5.41, 5.74) is 1.57. The van der Waals surface area contributed by atoms with Gasteiger partial charge in [0.25, 0.3) is 5.91 Å². The Kier molecular flexibility index (Phi) is 7.18. The molecule has 0 aliphatic heterocycles. The molecule has 0 heterocycles. The SMILES string of the molecule is CN(C)C[C@@H](NC(=O)c1ccc(NC(=O)OC(C)(C)C)cc1)c1ccccc1. The number of amides is 2. The van der Waals surface area contributed by atoms with Gasteiger partial charge in [0.05, 0.1) is 6.04 Å². The summed E-state index contributed by atoms with van der Waals surface area (Å²) in [4.78, 5) is 26.6. The molecular formula is C22H29N3O3. The Morgan fingerprint density at radius 3 is 2.14 bits per heavy atom.